The second kappa shape index (κ2) is 6.53. The van der Waals surface area contributed by atoms with E-state index in [0.29, 0.717) is 18.4 Å². The second-order valence-electron chi connectivity index (χ2n) is 6.18. The van der Waals surface area contributed by atoms with E-state index in [1.807, 2.05) is 30.3 Å². The largest absolute Gasteiger partial charge is 0.507 e. The molecule has 1 aliphatic rings. The van der Waals surface area contributed by atoms with Gasteiger partial charge in [0.1, 0.15) is 22.7 Å². The van der Waals surface area contributed by atoms with Crippen LogP contribution in [-0.2, 0) is 10.3 Å². The van der Waals surface area contributed by atoms with Gasteiger partial charge in [-0.1, -0.05) is 30.3 Å². The summed E-state index contributed by atoms with van der Waals surface area (Å²) in [6.45, 7) is 3.19. The SMILES string of the molecule is Cc1cc(O)c(C(=O)OC2(c3ccccc3)CCNCC2)c(O)c1. The van der Waals surface area contributed by atoms with E-state index in [-0.39, 0.29) is 17.1 Å². The molecule has 1 saturated heterocycles. The number of phenols is 2. The lowest BCUT2D eigenvalue weighted by atomic mass is 9.84. The summed E-state index contributed by atoms with van der Waals surface area (Å²) in [5.74, 6) is -1.25. The number of aromatic hydroxyl groups is 2. The van der Waals surface area contributed by atoms with Gasteiger partial charge < -0.3 is 20.3 Å². The highest BCUT2D eigenvalue weighted by molar-refractivity contribution is 5.95. The van der Waals surface area contributed by atoms with E-state index in [1.165, 1.54) is 12.1 Å². The Morgan fingerprint density at radius 1 is 1.08 bits per heavy atom. The number of carbonyl (C=O) groups is 1. The van der Waals surface area contributed by atoms with E-state index in [9.17, 15) is 15.0 Å². The lowest BCUT2D eigenvalue weighted by Crippen LogP contribution is -2.43. The van der Waals surface area contributed by atoms with Crippen molar-refractivity contribution >= 4 is 5.97 Å². The zero-order valence-corrected chi connectivity index (χ0v) is 13.6. The topological polar surface area (TPSA) is 78.8 Å². The van der Waals surface area contributed by atoms with Crippen LogP contribution in [0.5, 0.6) is 11.5 Å². The van der Waals surface area contributed by atoms with Crippen LogP contribution in [0.15, 0.2) is 42.5 Å². The Balaban J connectivity index is 1.95. The summed E-state index contributed by atoms with van der Waals surface area (Å²) in [5.41, 5.74) is 0.648. The Labute approximate surface area is 140 Å². The number of aryl methyl sites for hydroxylation is 1. The van der Waals surface area contributed by atoms with Gasteiger partial charge in [-0.25, -0.2) is 4.79 Å². The fraction of sp³-hybridized carbons (Fsp3) is 0.316. The number of rotatable bonds is 3. The molecule has 0 aromatic heterocycles. The van der Waals surface area contributed by atoms with Crippen LogP contribution in [0.1, 0.15) is 34.3 Å². The molecular formula is C19H21NO4. The van der Waals surface area contributed by atoms with Gasteiger partial charge in [-0.15, -0.1) is 0 Å². The summed E-state index contributed by atoms with van der Waals surface area (Å²) >= 11 is 0. The molecule has 1 fully saturated rings. The molecule has 5 nitrogen and oxygen atoms in total. The zero-order valence-electron chi connectivity index (χ0n) is 13.6. The summed E-state index contributed by atoms with van der Waals surface area (Å²) in [5, 5.41) is 23.4. The molecule has 3 rings (SSSR count). The van der Waals surface area contributed by atoms with E-state index in [4.69, 9.17) is 4.74 Å². The van der Waals surface area contributed by atoms with Crippen molar-refractivity contribution in [3.63, 3.8) is 0 Å². The summed E-state index contributed by atoms with van der Waals surface area (Å²) in [6, 6.07) is 12.5. The van der Waals surface area contributed by atoms with Gasteiger partial charge >= 0.3 is 5.97 Å². The smallest absolute Gasteiger partial charge is 0.346 e. The van der Waals surface area contributed by atoms with Crippen molar-refractivity contribution in [2.45, 2.75) is 25.4 Å². The number of hydrogen-bond donors (Lipinski definition) is 3. The molecule has 126 valence electrons. The third-order valence-corrected chi connectivity index (χ3v) is 4.44. The fourth-order valence-corrected chi connectivity index (χ4v) is 3.21. The maximum Gasteiger partial charge on any atom is 0.346 e. The Kier molecular flexibility index (Phi) is 4.44. The number of benzene rings is 2. The number of phenolic OH excluding ortho intramolecular Hbond substituents is 2. The molecule has 0 aliphatic carbocycles. The Morgan fingerprint density at radius 3 is 2.25 bits per heavy atom. The van der Waals surface area contributed by atoms with Crippen LogP contribution < -0.4 is 5.32 Å². The molecule has 2 aromatic carbocycles. The summed E-state index contributed by atoms with van der Waals surface area (Å²) in [4.78, 5) is 12.7. The zero-order chi connectivity index (χ0) is 17.2. The van der Waals surface area contributed by atoms with Crippen LogP contribution in [0.3, 0.4) is 0 Å². The first kappa shape index (κ1) is 16.3. The normalized spacial score (nSPS) is 16.5. The van der Waals surface area contributed by atoms with Gasteiger partial charge in [0.15, 0.2) is 0 Å². The average Bonchev–Trinajstić information content (AvgIpc) is 2.55. The average molecular weight is 327 g/mol. The number of hydrogen-bond acceptors (Lipinski definition) is 5. The van der Waals surface area contributed by atoms with Crippen molar-refractivity contribution in [3.05, 3.63) is 59.2 Å². The van der Waals surface area contributed by atoms with Crippen molar-refractivity contribution < 1.29 is 19.7 Å². The van der Waals surface area contributed by atoms with Crippen LogP contribution in [-0.4, -0.2) is 29.3 Å². The van der Waals surface area contributed by atoms with Crippen molar-refractivity contribution in [1.82, 2.24) is 5.32 Å². The molecule has 0 spiro atoms. The Hall–Kier alpha value is -2.53. The molecule has 2 aromatic rings. The first-order chi connectivity index (χ1) is 11.5. The minimum atomic E-state index is -0.757. The Morgan fingerprint density at radius 2 is 1.67 bits per heavy atom. The van der Waals surface area contributed by atoms with E-state index in [2.05, 4.69) is 5.32 Å². The van der Waals surface area contributed by atoms with Gasteiger partial charge in [-0.2, -0.15) is 0 Å². The molecule has 0 radical (unpaired) electrons. The minimum absolute atomic E-state index is 0.186. The molecule has 0 unspecified atom stereocenters. The van der Waals surface area contributed by atoms with E-state index >= 15 is 0 Å². The maximum atomic E-state index is 12.7. The maximum absolute atomic E-state index is 12.7. The molecule has 0 atom stereocenters. The number of ether oxygens (including phenoxy) is 1. The summed E-state index contributed by atoms with van der Waals surface area (Å²) < 4.78 is 5.85. The first-order valence-electron chi connectivity index (χ1n) is 8.04. The number of piperidine rings is 1. The lowest BCUT2D eigenvalue weighted by Gasteiger charge is -2.37. The molecule has 0 saturated carbocycles. The van der Waals surface area contributed by atoms with Gasteiger partial charge in [0, 0.05) is 12.8 Å². The highest BCUT2D eigenvalue weighted by Gasteiger charge is 2.39. The lowest BCUT2D eigenvalue weighted by molar-refractivity contribution is -0.0382. The van der Waals surface area contributed by atoms with Gasteiger partial charge in [-0.3, -0.25) is 0 Å². The van der Waals surface area contributed by atoms with Crippen LogP contribution in [0.25, 0.3) is 0 Å². The first-order valence-corrected chi connectivity index (χ1v) is 8.04. The second-order valence-corrected chi connectivity index (χ2v) is 6.18. The van der Waals surface area contributed by atoms with Crippen LogP contribution >= 0.6 is 0 Å². The summed E-state index contributed by atoms with van der Waals surface area (Å²) in [7, 11) is 0. The predicted octanol–water partition coefficient (Wildman–Crippen LogP) is 2.84. The van der Waals surface area contributed by atoms with E-state index < -0.39 is 11.6 Å². The molecule has 0 bridgehead atoms. The molecule has 24 heavy (non-hydrogen) atoms. The van der Waals surface area contributed by atoms with Gasteiger partial charge in [0.05, 0.1) is 0 Å². The number of carbonyl (C=O) groups excluding carboxylic acids is 1. The number of esters is 1. The predicted molar refractivity (Wildman–Crippen MR) is 90.1 cm³/mol. The third kappa shape index (κ3) is 3.08. The van der Waals surface area contributed by atoms with Crippen molar-refractivity contribution in [1.29, 1.82) is 0 Å². The van der Waals surface area contributed by atoms with Crippen molar-refractivity contribution in [3.8, 4) is 11.5 Å². The highest BCUT2D eigenvalue weighted by atomic mass is 16.6. The van der Waals surface area contributed by atoms with Crippen LogP contribution in [0.4, 0.5) is 0 Å². The Bertz CT molecular complexity index is 713. The van der Waals surface area contributed by atoms with E-state index in [0.717, 1.165) is 18.7 Å². The standard InChI is InChI=1S/C19H21NO4/c1-13-11-15(21)17(16(22)12-13)18(23)24-19(7-9-20-10-8-19)14-5-3-2-4-6-14/h2-6,11-12,20-22H,7-10H2,1H3. The fourth-order valence-electron chi connectivity index (χ4n) is 3.21. The molecule has 1 heterocycles. The third-order valence-electron chi connectivity index (χ3n) is 4.44. The monoisotopic (exact) mass is 327 g/mol. The van der Waals surface area contributed by atoms with Crippen LogP contribution in [0, 0.1) is 6.92 Å². The summed E-state index contributed by atoms with van der Waals surface area (Å²) in [6.07, 6.45) is 1.27. The van der Waals surface area contributed by atoms with Crippen molar-refractivity contribution in [2.75, 3.05) is 13.1 Å². The van der Waals surface area contributed by atoms with Crippen LogP contribution in [0.2, 0.25) is 0 Å². The molecule has 5 heteroatoms. The van der Waals surface area contributed by atoms with Gasteiger partial charge in [0.25, 0.3) is 0 Å². The molecule has 0 amide bonds. The highest BCUT2D eigenvalue weighted by Crippen LogP contribution is 2.38. The van der Waals surface area contributed by atoms with E-state index in [1.54, 1.807) is 6.92 Å². The molecule has 3 N–H and O–H groups in total. The minimum Gasteiger partial charge on any atom is -0.507 e. The molecule has 1 aliphatic heterocycles. The van der Waals surface area contributed by atoms with Gasteiger partial charge in [-0.05, 0) is 43.3 Å². The number of nitrogens with one attached hydrogen (secondary N) is 1. The quantitative estimate of drug-likeness (QED) is 0.756. The molecular weight excluding hydrogens is 306 g/mol. The van der Waals surface area contributed by atoms with Crippen molar-refractivity contribution in [2.24, 2.45) is 0 Å². The van der Waals surface area contributed by atoms with Gasteiger partial charge in [0.2, 0.25) is 0 Å².